The van der Waals surface area contributed by atoms with Gasteiger partial charge in [-0.25, -0.2) is 0 Å². The van der Waals surface area contributed by atoms with Crippen LogP contribution in [0.5, 0.6) is 0 Å². The van der Waals surface area contributed by atoms with Gasteiger partial charge in [0.05, 0.1) is 0 Å². The lowest BCUT2D eigenvalue weighted by Crippen LogP contribution is -2.35. The third kappa shape index (κ3) is 3.84. The average Bonchev–Trinajstić information content (AvgIpc) is 2.23. The molecule has 0 aromatic carbocycles. The molecular weight excluding hydrogens is 291 g/mol. The Morgan fingerprint density at radius 1 is 1.53 bits per heavy atom. The number of thioether (sulfide) groups is 1. The van der Waals surface area contributed by atoms with Gasteiger partial charge in [0.25, 0.3) is 0 Å². The summed E-state index contributed by atoms with van der Waals surface area (Å²) >= 11 is 0.414. The van der Waals surface area contributed by atoms with E-state index in [9.17, 15) is 27.6 Å². The molecule has 7 nitrogen and oxygen atoms in total. The first-order valence-corrected chi connectivity index (χ1v) is 5.71. The molecule has 0 aliphatic carbocycles. The SMILES string of the molecule is Cn1[nH]c(=O)c(=O)nc1SCC(C(=O)O)C(F)(F)F. The largest absolute Gasteiger partial charge is 0.481 e. The third-order valence-corrected chi connectivity index (χ3v) is 3.14. The number of aromatic nitrogens is 3. The second-order valence-corrected chi connectivity index (χ2v) is 4.43. The predicted molar refractivity (Wildman–Crippen MR) is 58.0 cm³/mol. The molecule has 1 aromatic rings. The number of hydrogen-bond donors (Lipinski definition) is 2. The molecule has 2 N–H and O–H groups in total. The van der Waals surface area contributed by atoms with Gasteiger partial charge in [-0.3, -0.25) is 24.2 Å². The van der Waals surface area contributed by atoms with Crippen LogP contribution in [0.1, 0.15) is 0 Å². The number of rotatable bonds is 4. The summed E-state index contributed by atoms with van der Waals surface area (Å²) in [7, 11) is 1.26. The number of H-pyrrole nitrogens is 1. The summed E-state index contributed by atoms with van der Waals surface area (Å²) in [5, 5.41) is 10.3. The summed E-state index contributed by atoms with van der Waals surface area (Å²) in [6.07, 6.45) is -4.90. The van der Waals surface area contributed by atoms with E-state index in [0.29, 0.717) is 11.8 Å². The maximum absolute atomic E-state index is 12.4. The minimum Gasteiger partial charge on any atom is -0.481 e. The van der Waals surface area contributed by atoms with E-state index < -0.39 is 34.9 Å². The van der Waals surface area contributed by atoms with Gasteiger partial charge in [-0.2, -0.15) is 18.2 Å². The highest BCUT2D eigenvalue weighted by Gasteiger charge is 2.45. The average molecular weight is 299 g/mol. The van der Waals surface area contributed by atoms with Gasteiger partial charge in [0.15, 0.2) is 11.1 Å². The number of halogens is 3. The summed E-state index contributed by atoms with van der Waals surface area (Å²) in [5.41, 5.74) is -2.17. The van der Waals surface area contributed by atoms with E-state index in [4.69, 9.17) is 5.11 Å². The Morgan fingerprint density at radius 2 is 2.11 bits per heavy atom. The molecule has 1 aromatic heterocycles. The molecule has 1 rings (SSSR count). The van der Waals surface area contributed by atoms with Crippen molar-refractivity contribution in [1.82, 2.24) is 14.8 Å². The Kier molecular flexibility index (Phi) is 4.39. The molecule has 106 valence electrons. The number of aliphatic carboxylic acids is 1. The maximum Gasteiger partial charge on any atom is 0.403 e. The number of alkyl halides is 3. The van der Waals surface area contributed by atoms with Crippen molar-refractivity contribution in [2.45, 2.75) is 11.3 Å². The molecule has 11 heteroatoms. The van der Waals surface area contributed by atoms with Crippen LogP contribution in [0, 0.1) is 5.92 Å². The van der Waals surface area contributed by atoms with Crippen LogP contribution in [-0.4, -0.2) is 37.8 Å². The molecule has 0 aliphatic heterocycles. The van der Waals surface area contributed by atoms with Gasteiger partial charge in [-0.05, 0) is 0 Å². The zero-order valence-electron chi connectivity index (χ0n) is 9.39. The Hall–Kier alpha value is -1.78. The van der Waals surface area contributed by atoms with Gasteiger partial charge in [0, 0.05) is 12.8 Å². The van der Waals surface area contributed by atoms with E-state index in [2.05, 4.69) is 4.98 Å². The molecule has 19 heavy (non-hydrogen) atoms. The summed E-state index contributed by atoms with van der Waals surface area (Å²) < 4.78 is 38.1. The number of hydrogen-bond acceptors (Lipinski definition) is 5. The number of nitrogens with one attached hydrogen (secondary N) is 1. The molecule has 1 unspecified atom stereocenters. The van der Waals surface area contributed by atoms with Crippen molar-refractivity contribution in [2.75, 3.05) is 5.75 Å². The lowest BCUT2D eigenvalue weighted by atomic mass is 10.2. The zero-order valence-corrected chi connectivity index (χ0v) is 10.2. The Bertz CT molecular complexity index is 594. The number of nitrogens with zero attached hydrogens (tertiary/aromatic N) is 2. The highest BCUT2D eigenvalue weighted by Crippen LogP contribution is 2.30. The van der Waals surface area contributed by atoms with E-state index in [-0.39, 0.29) is 5.16 Å². The lowest BCUT2D eigenvalue weighted by Gasteiger charge is -2.15. The molecule has 1 atom stereocenters. The first kappa shape index (κ1) is 15.3. The number of carboxylic acid groups (broad SMARTS) is 1. The molecule has 1 heterocycles. The Morgan fingerprint density at radius 3 is 2.58 bits per heavy atom. The molecule has 0 aliphatic rings. The minimum atomic E-state index is -4.90. The van der Waals surface area contributed by atoms with Gasteiger partial charge in [0.2, 0.25) is 0 Å². The highest BCUT2D eigenvalue weighted by atomic mass is 32.2. The van der Waals surface area contributed by atoms with Crippen LogP contribution in [0.25, 0.3) is 0 Å². The van der Waals surface area contributed by atoms with Crippen LogP contribution in [0.3, 0.4) is 0 Å². The molecule has 0 saturated carbocycles. The third-order valence-electron chi connectivity index (χ3n) is 2.02. The summed E-state index contributed by atoms with van der Waals surface area (Å²) in [6, 6.07) is 0. The van der Waals surface area contributed by atoms with Crippen molar-refractivity contribution in [2.24, 2.45) is 13.0 Å². The van der Waals surface area contributed by atoms with Crippen LogP contribution in [0.15, 0.2) is 14.7 Å². The normalized spacial score (nSPS) is 13.3. The topological polar surface area (TPSA) is 105 Å². The van der Waals surface area contributed by atoms with Gasteiger partial charge in [-0.1, -0.05) is 11.8 Å². The smallest absolute Gasteiger partial charge is 0.403 e. The fourth-order valence-electron chi connectivity index (χ4n) is 1.05. The highest BCUT2D eigenvalue weighted by molar-refractivity contribution is 7.99. The molecule has 0 saturated heterocycles. The lowest BCUT2D eigenvalue weighted by molar-refractivity contribution is -0.188. The summed E-state index contributed by atoms with van der Waals surface area (Å²) in [6.45, 7) is 0. The summed E-state index contributed by atoms with van der Waals surface area (Å²) in [4.78, 5) is 35.6. The molecule has 0 fully saturated rings. The van der Waals surface area contributed by atoms with Crippen molar-refractivity contribution in [3.05, 3.63) is 20.7 Å². The number of aryl methyl sites for hydroxylation is 1. The fourth-order valence-corrected chi connectivity index (χ4v) is 2.09. The van der Waals surface area contributed by atoms with E-state index in [1.165, 1.54) is 7.05 Å². The number of carboxylic acids is 1. The molecule has 0 bridgehead atoms. The van der Waals surface area contributed by atoms with E-state index in [1.807, 2.05) is 5.10 Å². The second kappa shape index (κ2) is 5.47. The van der Waals surface area contributed by atoms with Crippen molar-refractivity contribution in [3.63, 3.8) is 0 Å². The van der Waals surface area contributed by atoms with Crippen molar-refractivity contribution in [3.8, 4) is 0 Å². The fraction of sp³-hybridized carbons (Fsp3) is 0.500. The van der Waals surface area contributed by atoms with E-state index in [1.54, 1.807) is 0 Å². The van der Waals surface area contributed by atoms with Crippen LogP contribution in [-0.2, 0) is 11.8 Å². The van der Waals surface area contributed by atoms with Crippen LogP contribution < -0.4 is 11.1 Å². The predicted octanol–water partition coefficient (Wildman–Crippen LogP) is -0.176. The Labute approximate surface area is 107 Å². The van der Waals surface area contributed by atoms with Crippen molar-refractivity contribution in [1.29, 1.82) is 0 Å². The van der Waals surface area contributed by atoms with Crippen molar-refractivity contribution >= 4 is 17.7 Å². The van der Waals surface area contributed by atoms with Crippen LogP contribution in [0.2, 0.25) is 0 Å². The first-order chi connectivity index (χ1) is 8.62. The number of carbonyl (C=O) groups is 1. The van der Waals surface area contributed by atoms with E-state index >= 15 is 0 Å². The molecule has 0 amide bonds. The minimum absolute atomic E-state index is 0.208. The van der Waals surface area contributed by atoms with Crippen LogP contribution in [0.4, 0.5) is 13.2 Å². The zero-order chi connectivity index (χ0) is 14.8. The van der Waals surface area contributed by atoms with E-state index in [0.717, 1.165) is 4.68 Å². The molecule has 0 spiro atoms. The van der Waals surface area contributed by atoms with Gasteiger partial charge in [-0.15, -0.1) is 0 Å². The molecule has 0 radical (unpaired) electrons. The standard InChI is InChI=1S/C8H8F3N3O4S/c1-14-7(12-4(15)5(16)13-14)19-2-3(6(17)18)8(9,10)11/h3H,2H2,1H3,(H,13,16)(H,17,18). The van der Waals surface area contributed by atoms with Gasteiger partial charge < -0.3 is 5.11 Å². The van der Waals surface area contributed by atoms with Crippen molar-refractivity contribution < 1.29 is 23.1 Å². The Balaban J connectivity index is 2.93. The summed E-state index contributed by atoms with van der Waals surface area (Å²) in [5.74, 6) is -5.46. The molecular formula is C8H8F3N3O4S. The quantitative estimate of drug-likeness (QED) is 0.590. The second-order valence-electron chi connectivity index (χ2n) is 3.44. The monoisotopic (exact) mass is 299 g/mol. The van der Waals surface area contributed by atoms with Crippen LogP contribution >= 0.6 is 11.8 Å². The number of aromatic amines is 1. The maximum atomic E-state index is 12.4. The first-order valence-electron chi connectivity index (χ1n) is 4.72. The van der Waals surface area contributed by atoms with Gasteiger partial charge in [0.1, 0.15) is 0 Å². The van der Waals surface area contributed by atoms with Gasteiger partial charge >= 0.3 is 23.3 Å².